The third-order valence-corrected chi connectivity index (χ3v) is 3.47. The maximum Gasteiger partial charge on any atom is 0.246 e. The highest BCUT2D eigenvalue weighted by Crippen LogP contribution is 2.16. The Morgan fingerprint density at radius 3 is 2.65 bits per heavy atom. The Labute approximate surface area is 118 Å². The molecule has 2 N–H and O–H groups in total. The molecule has 20 heavy (non-hydrogen) atoms. The first-order valence-electron chi connectivity index (χ1n) is 6.66. The molecule has 1 unspecified atom stereocenters. The summed E-state index contributed by atoms with van der Waals surface area (Å²) >= 11 is 0. The van der Waals surface area contributed by atoms with E-state index in [2.05, 4.69) is 16.7 Å². The summed E-state index contributed by atoms with van der Waals surface area (Å²) in [5.41, 5.74) is 1.37. The zero-order chi connectivity index (χ0) is 14.6. The Balaban J connectivity index is 1.82. The second kappa shape index (κ2) is 6.04. The van der Waals surface area contributed by atoms with Crippen LogP contribution in [0.3, 0.4) is 0 Å². The average Bonchev–Trinajstić information content (AvgIpc) is 2.43. The lowest BCUT2D eigenvalue weighted by atomic mass is 10.0. The van der Waals surface area contributed by atoms with E-state index >= 15 is 0 Å². The standard InChI is InChI=1S/C15H19N3O2/c1-11(13-5-3-12(7-16)4-6-13)18-14(19)8-20-15(2)9-17-10-15/h3-6,11,17H,8-10H2,1-2H3,(H,18,19). The monoisotopic (exact) mass is 273 g/mol. The molecule has 1 aromatic carbocycles. The van der Waals surface area contributed by atoms with E-state index < -0.39 is 0 Å². The molecule has 1 aromatic rings. The van der Waals surface area contributed by atoms with Gasteiger partial charge in [0.25, 0.3) is 0 Å². The van der Waals surface area contributed by atoms with Gasteiger partial charge in [-0.2, -0.15) is 5.26 Å². The molecule has 0 saturated carbocycles. The topological polar surface area (TPSA) is 74.2 Å². The number of hydrogen-bond acceptors (Lipinski definition) is 4. The predicted octanol–water partition coefficient (Wildman–Crippen LogP) is 1.11. The van der Waals surface area contributed by atoms with Crippen LogP contribution in [-0.4, -0.2) is 31.2 Å². The molecule has 106 valence electrons. The molecule has 0 bridgehead atoms. The van der Waals surface area contributed by atoms with E-state index in [1.54, 1.807) is 12.1 Å². The van der Waals surface area contributed by atoms with Gasteiger partial charge in [0.05, 0.1) is 23.3 Å². The first-order valence-corrected chi connectivity index (χ1v) is 6.66. The van der Waals surface area contributed by atoms with Gasteiger partial charge in [0.2, 0.25) is 5.91 Å². The van der Waals surface area contributed by atoms with E-state index in [0.717, 1.165) is 18.7 Å². The molecule has 1 aliphatic rings. The van der Waals surface area contributed by atoms with Crippen molar-refractivity contribution in [1.29, 1.82) is 5.26 Å². The van der Waals surface area contributed by atoms with Crippen LogP contribution in [0.4, 0.5) is 0 Å². The highest BCUT2D eigenvalue weighted by molar-refractivity contribution is 5.77. The first kappa shape index (κ1) is 14.5. The molecule has 1 saturated heterocycles. The molecular weight excluding hydrogens is 254 g/mol. The number of hydrogen-bond donors (Lipinski definition) is 2. The zero-order valence-electron chi connectivity index (χ0n) is 11.8. The number of ether oxygens (including phenoxy) is 1. The second-order valence-corrected chi connectivity index (χ2v) is 5.37. The van der Waals surface area contributed by atoms with E-state index in [4.69, 9.17) is 10.00 Å². The minimum absolute atomic E-state index is 0.0683. The van der Waals surface area contributed by atoms with Crippen molar-refractivity contribution >= 4 is 5.91 Å². The molecule has 5 heteroatoms. The fourth-order valence-electron chi connectivity index (χ4n) is 2.03. The summed E-state index contributed by atoms with van der Waals surface area (Å²) < 4.78 is 5.58. The van der Waals surface area contributed by atoms with Crippen molar-refractivity contribution in [3.63, 3.8) is 0 Å². The Morgan fingerprint density at radius 2 is 2.15 bits per heavy atom. The normalized spacial score (nSPS) is 17.6. The van der Waals surface area contributed by atoms with Gasteiger partial charge < -0.3 is 15.4 Å². The maximum atomic E-state index is 11.8. The van der Waals surface area contributed by atoms with Gasteiger partial charge in [-0.3, -0.25) is 4.79 Å². The molecule has 5 nitrogen and oxygen atoms in total. The Morgan fingerprint density at radius 1 is 1.50 bits per heavy atom. The molecule has 2 rings (SSSR count). The number of nitrogens with zero attached hydrogens (tertiary/aromatic N) is 1. The van der Waals surface area contributed by atoms with E-state index in [1.807, 2.05) is 26.0 Å². The maximum absolute atomic E-state index is 11.8. The lowest BCUT2D eigenvalue weighted by Gasteiger charge is -2.38. The van der Waals surface area contributed by atoms with Gasteiger partial charge >= 0.3 is 0 Å². The van der Waals surface area contributed by atoms with Crippen LogP contribution in [0.25, 0.3) is 0 Å². The van der Waals surface area contributed by atoms with Crippen molar-refractivity contribution in [3.8, 4) is 6.07 Å². The number of carbonyl (C=O) groups is 1. The number of benzene rings is 1. The van der Waals surface area contributed by atoms with Crippen molar-refractivity contribution in [2.75, 3.05) is 19.7 Å². The smallest absolute Gasteiger partial charge is 0.246 e. The minimum atomic E-state index is -0.213. The summed E-state index contributed by atoms with van der Waals surface area (Å²) in [7, 11) is 0. The van der Waals surface area contributed by atoms with Crippen LogP contribution in [0.2, 0.25) is 0 Å². The Kier molecular flexibility index (Phi) is 4.38. The number of nitriles is 1. The van der Waals surface area contributed by atoms with Crippen LogP contribution in [0.15, 0.2) is 24.3 Å². The summed E-state index contributed by atoms with van der Waals surface area (Å²) in [4.78, 5) is 11.8. The molecule has 1 atom stereocenters. The lowest BCUT2D eigenvalue weighted by molar-refractivity contribution is -0.136. The van der Waals surface area contributed by atoms with Gasteiger partial charge in [-0.05, 0) is 31.5 Å². The summed E-state index contributed by atoms with van der Waals surface area (Å²) in [5, 5.41) is 14.8. The SMILES string of the molecule is CC(NC(=O)COC1(C)CNC1)c1ccc(C#N)cc1. The van der Waals surface area contributed by atoms with Gasteiger partial charge in [-0.15, -0.1) is 0 Å². The summed E-state index contributed by atoms with van der Waals surface area (Å²) in [6, 6.07) is 9.15. The average molecular weight is 273 g/mol. The Bertz CT molecular complexity index is 515. The third kappa shape index (κ3) is 3.56. The van der Waals surface area contributed by atoms with Crippen LogP contribution in [0.1, 0.15) is 31.0 Å². The van der Waals surface area contributed by atoms with Gasteiger partial charge in [0.1, 0.15) is 6.61 Å². The highest BCUT2D eigenvalue weighted by Gasteiger charge is 2.33. The molecule has 1 aliphatic heterocycles. The van der Waals surface area contributed by atoms with E-state index in [1.165, 1.54) is 0 Å². The zero-order valence-corrected chi connectivity index (χ0v) is 11.8. The molecular formula is C15H19N3O2. The van der Waals surface area contributed by atoms with Gasteiger partial charge in [0, 0.05) is 13.1 Å². The lowest BCUT2D eigenvalue weighted by Crippen LogP contribution is -2.59. The quantitative estimate of drug-likeness (QED) is 0.843. The third-order valence-electron chi connectivity index (χ3n) is 3.47. The molecule has 1 fully saturated rings. The second-order valence-electron chi connectivity index (χ2n) is 5.37. The largest absolute Gasteiger partial charge is 0.363 e. The molecule has 0 radical (unpaired) electrons. The molecule has 0 aromatic heterocycles. The van der Waals surface area contributed by atoms with E-state index in [9.17, 15) is 4.79 Å². The number of amides is 1. The summed E-state index contributed by atoms with van der Waals surface area (Å²) in [6.45, 7) is 5.53. The number of rotatable bonds is 5. The van der Waals surface area contributed by atoms with Gasteiger partial charge in [-0.25, -0.2) is 0 Å². The van der Waals surface area contributed by atoms with Crippen LogP contribution in [0.5, 0.6) is 0 Å². The number of carbonyl (C=O) groups excluding carboxylic acids is 1. The predicted molar refractivity (Wildman–Crippen MR) is 74.9 cm³/mol. The van der Waals surface area contributed by atoms with Crippen LogP contribution in [0, 0.1) is 11.3 Å². The Hall–Kier alpha value is -1.90. The molecule has 1 amide bonds. The molecule has 0 aliphatic carbocycles. The van der Waals surface area contributed by atoms with Gasteiger partial charge in [-0.1, -0.05) is 12.1 Å². The first-order chi connectivity index (χ1) is 9.52. The number of nitrogens with one attached hydrogen (secondary N) is 2. The minimum Gasteiger partial charge on any atom is -0.363 e. The summed E-state index contributed by atoms with van der Waals surface area (Å²) in [5.74, 6) is -0.130. The van der Waals surface area contributed by atoms with Crippen molar-refractivity contribution in [2.45, 2.75) is 25.5 Å². The van der Waals surface area contributed by atoms with E-state index in [0.29, 0.717) is 5.56 Å². The fraction of sp³-hybridized carbons (Fsp3) is 0.467. The highest BCUT2D eigenvalue weighted by atomic mass is 16.5. The van der Waals surface area contributed by atoms with Crippen LogP contribution in [-0.2, 0) is 9.53 Å². The van der Waals surface area contributed by atoms with Crippen LogP contribution >= 0.6 is 0 Å². The van der Waals surface area contributed by atoms with Crippen molar-refractivity contribution in [1.82, 2.24) is 10.6 Å². The molecule has 1 heterocycles. The van der Waals surface area contributed by atoms with Gasteiger partial charge in [0.15, 0.2) is 0 Å². The van der Waals surface area contributed by atoms with Crippen molar-refractivity contribution in [3.05, 3.63) is 35.4 Å². The fourth-order valence-corrected chi connectivity index (χ4v) is 2.03. The molecule has 0 spiro atoms. The van der Waals surface area contributed by atoms with Crippen LogP contribution < -0.4 is 10.6 Å². The van der Waals surface area contributed by atoms with E-state index in [-0.39, 0.29) is 24.2 Å². The summed E-state index contributed by atoms with van der Waals surface area (Å²) in [6.07, 6.45) is 0. The van der Waals surface area contributed by atoms with Crippen molar-refractivity contribution < 1.29 is 9.53 Å². The van der Waals surface area contributed by atoms with Crippen molar-refractivity contribution in [2.24, 2.45) is 0 Å².